The van der Waals surface area contributed by atoms with Crippen molar-refractivity contribution in [2.24, 2.45) is 12.5 Å². The van der Waals surface area contributed by atoms with Gasteiger partial charge in [0.05, 0.1) is 29.5 Å². The summed E-state index contributed by atoms with van der Waals surface area (Å²) in [5, 5.41) is 13.2. The number of amides is 2. The second-order valence-electron chi connectivity index (χ2n) is 14.2. The van der Waals surface area contributed by atoms with E-state index in [0.717, 1.165) is 24.3 Å². The molecule has 2 amide bonds. The SMILES string of the molecule is CC(C)Oc1ccc(C(=N)c2nc(N3CC[C@]4(CCN(CC(=O)N5CCN(c6ccc(-c7ncn(C)n7)cc6)C[C@@H]5C)C4)C3=O)ccc2N)cn1. The molecule has 3 N–H and O–H groups in total. The molecule has 0 bridgehead atoms. The van der Waals surface area contributed by atoms with Crippen LogP contribution in [0, 0.1) is 10.8 Å². The maximum absolute atomic E-state index is 14.0. The first-order valence-electron chi connectivity index (χ1n) is 17.5. The lowest BCUT2D eigenvalue weighted by Crippen LogP contribution is -2.56. The van der Waals surface area contributed by atoms with E-state index in [9.17, 15) is 9.59 Å². The van der Waals surface area contributed by atoms with Crippen molar-refractivity contribution < 1.29 is 14.3 Å². The Labute approximate surface area is 297 Å². The van der Waals surface area contributed by atoms with E-state index in [1.807, 2.05) is 37.9 Å². The van der Waals surface area contributed by atoms with E-state index in [-0.39, 0.29) is 29.7 Å². The van der Waals surface area contributed by atoms with E-state index in [1.165, 1.54) is 0 Å². The second kappa shape index (κ2) is 13.7. The van der Waals surface area contributed by atoms with Gasteiger partial charge in [-0.25, -0.2) is 15.0 Å². The van der Waals surface area contributed by atoms with Crippen molar-refractivity contribution in [3.8, 4) is 17.3 Å². The van der Waals surface area contributed by atoms with E-state index >= 15 is 0 Å². The number of nitrogens with zero attached hydrogens (tertiary/aromatic N) is 9. The van der Waals surface area contributed by atoms with Gasteiger partial charge in [-0.3, -0.25) is 29.5 Å². The van der Waals surface area contributed by atoms with Gasteiger partial charge in [0.2, 0.25) is 17.7 Å². The summed E-state index contributed by atoms with van der Waals surface area (Å²) in [6.45, 7) is 10.1. The third kappa shape index (κ3) is 6.87. The minimum Gasteiger partial charge on any atom is -0.475 e. The standard InChI is InChI=1S/C37H45N11O3/c1-24(2)51-31-12-7-27(19-40-31)33(39)34-29(38)10-11-30(42-34)48-16-14-37(36(48)50)13-15-45(22-37)21-32(49)47-18-17-46(20-25(47)3)28-8-5-26(6-9-28)35-41-23-44(4)43-35/h5-12,19,23-25,39H,13-18,20-22,38H2,1-4H3/t25-,37-/m0/s1. The number of anilines is 3. The fourth-order valence-corrected chi connectivity index (χ4v) is 7.43. The summed E-state index contributed by atoms with van der Waals surface area (Å²) in [5.41, 5.74) is 9.11. The molecule has 0 saturated carbocycles. The van der Waals surface area contributed by atoms with Crippen LogP contribution in [0.3, 0.4) is 0 Å². The Morgan fingerprint density at radius 2 is 1.82 bits per heavy atom. The lowest BCUT2D eigenvalue weighted by atomic mass is 9.85. The predicted molar refractivity (Wildman–Crippen MR) is 195 cm³/mol. The van der Waals surface area contributed by atoms with Gasteiger partial charge in [0.25, 0.3) is 0 Å². The lowest BCUT2D eigenvalue weighted by Gasteiger charge is -2.41. The maximum Gasteiger partial charge on any atom is 0.237 e. The number of carbonyl (C=O) groups excluding carboxylic acids is 2. The largest absolute Gasteiger partial charge is 0.475 e. The maximum atomic E-state index is 14.0. The number of pyridine rings is 2. The van der Waals surface area contributed by atoms with Gasteiger partial charge in [-0.1, -0.05) is 0 Å². The lowest BCUT2D eigenvalue weighted by molar-refractivity contribution is -0.135. The zero-order valence-electron chi connectivity index (χ0n) is 29.6. The van der Waals surface area contributed by atoms with Crippen LogP contribution in [-0.4, -0.2) is 110 Å². The minimum atomic E-state index is -0.561. The summed E-state index contributed by atoms with van der Waals surface area (Å²) in [6, 6.07) is 15.2. The molecule has 3 aliphatic heterocycles. The average molecular weight is 692 g/mol. The number of ether oxygens (including phenoxy) is 1. The molecule has 3 saturated heterocycles. The van der Waals surface area contributed by atoms with Crippen molar-refractivity contribution >= 4 is 34.7 Å². The molecule has 3 aromatic heterocycles. The van der Waals surface area contributed by atoms with Crippen molar-refractivity contribution in [1.29, 1.82) is 5.41 Å². The summed E-state index contributed by atoms with van der Waals surface area (Å²) in [4.78, 5) is 49.1. The van der Waals surface area contributed by atoms with Gasteiger partial charge < -0.3 is 20.3 Å². The summed E-state index contributed by atoms with van der Waals surface area (Å²) in [5.74, 6) is 1.76. The number of aromatic nitrogens is 5. The summed E-state index contributed by atoms with van der Waals surface area (Å²) in [7, 11) is 1.85. The first-order valence-corrected chi connectivity index (χ1v) is 17.5. The monoisotopic (exact) mass is 691 g/mol. The fraction of sp³-hybridized carbons (Fsp3) is 0.432. The zero-order chi connectivity index (χ0) is 35.9. The summed E-state index contributed by atoms with van der Waals surface area (Å²) < 4.78 is 7.32. The molecular formula is C37H45N11O3. The molecule has 6 heterocycles. The Hall–Kier alpha value is -5.37. The molecule has 4 aromatic rings. The van der Waals surface area contributed by atoms with E-state index < -0.39 is 5.41 Å². The van der Waals surface area contributed by atoms with Crippen LogP contribution in [0.1, 0.15) is 44.9 Å². The molecule has 266 valence electrons. The topological polar surface area (TPSA) is 163 Å². The number of piperazine rings is 1. The number of hydrogen-bond donors (Lipinski definition) is 2. The van der Waals surface area contributed by atoms with Gasteiger partial charge in [-0.15, -0.1) is 0 Å². The summed E-state index contributed by atoms with van der Waals surface area (Å²) in [6.07, 6.45) is 4.62. The van der Waals surface area contributed by atoms with Gasteiger partial charge in [0.15, 0.2) is 5.82 Å². The number of hydrogen-bond acceptors (Lipinski definition) is 11. The molecule has 3 aliphatic rings. The van der Waals surface area contributed by atoms with Gasteiger partial charge in [-0.2, -0.15) is 5.10 Å². The molecule has 1 spiro atoms. The zero-order valence-corrected chi connectivity index (χ0v) is 29.6. The number of nitrogens with two attached hydrogens (primary N) is 1. The van der Waals surface area contributed by atoms with Crippen molar-refractivity contribution in [1.82, 2.24) is 34.5 Å². The van der Waals surface area contributed by atoms with Crippen LogP contribution in [0.15, 0.2) is 61.1 Å². The van der Waals surface area contributed by atoms with Crippen LogP contribution in [0.2, 0.25) is 0 Å². The van der Waals surface area contributed by atoms with Gasteiger partial charge in [0, 0.05) is 74.9 Å². The smallest absolute Gasteiger partial charge is 0.237 e. The number of aryl methyl sites for hydroxylation is 1. The Balaban J connectivity index is 0.947. The van der Waals surface area contributed by atoms with Crippen molar-refractivity contribution in [3.63, 3.8) is 0 Å². The number of likely N-dealkylation sites (tertiary alicyclic amines) is 1. The van der Waals surface area contributed by atoms with Crippen LogP contribution in [0.5, 0.6) is 5.88 Å². The Morgan fingerprint density at radius 3 is 2.51 bits per heavy atom. The minimum absolute atomic E-state index is 0.0101. The third-order valence-corrected chi connectivity index (χ3v) is 10.1. The highest BCUT2D eigenvalue weighted by atomic mass is 16.5. The Morgan fingerprint density at radius 1 is 1.04 bits per heavy atom. The molecule has 2 atom stereocenters. The number of rotatable bonds is 9. The molecule has 51 heavy (non-hydrogen) atoms. The van der Waals surface area contributed by atoms with E-state index in [4.69, 9.17) is 20.9 Å². The molecule has 14 nitrogen and oxygen atoms in total. The molecule has 0 radical (unpaired) electrons. The first kappa shape index (κ1) is 34.1. The Bertz CT molecular complexity index is 1930. The Kier molecular flexibility index (Phi) is 9.19. The number of carbonyl (C=O) groups is 2. The molecule has 0 unspecified atom stereocenters. The highest BCUT2D eigenvalue weighted by Crippen LogP contribution is 2.42. The second-order valence-corrected chi connectivity index (χ2v) is 14.2. The van der Waals surface area contributed by atoms with Crippen LogP contribution in [0.25, 0.3) is 11.4 Å². The number of nitrogen functional groups attached to an aromatic ring is 1. The molecule has 3 fully saturated rings. The van der Waals surface area contributed by atoms with E-state index in [0.29, 0.717) is 80.0 Å². The van der Waals surface area contributed by atoms with Crippen LogP contribution < -0.4 is 20.3 Å². The molecule has 7 rings (SSSR count). The quantitative estimate of drug-likeness (QED) is 0.249. The normalized spacial score (nSPS) is 20.9. The van der Waals surface area contributed by atoms with Crippen molar-refractivity contribution in [2.75, 3.05) is 61.3 Å². The van der Waals surface area contributed by atoms with E-state index in [1.54, 1.807) is 46.4 Å². The number of nitrogens with one attached hydrogen (secondary N) is 1. The first-order chi connectivity index (χ1) is 24.5. The van der Waals surface area contributed by atoms with Gasteiger partial charge in [-0.05, 0) is 82.6 Å². The van der Waals surface area contributed by atoms with E-state index in [2.05, 4.69) is 43.9 Å². The molecule has 1 aromatic carbocycles. The van der Waals surface area contributed by atoms with Crippen LogP contribution >= 0.6 is 0 Å². The summed E-state index contributed by atoms with van der Waals surface area (Å²) >= 11 is 0. The average Bonchev–Trinajstić information content (AvgIpc) is 3.83. The molecule has 14 heteroatoms. The van der Waals surface area contributed by atoms with Crippen molar-refractivity contribution in [3.05, 3.63) is 72.3 Å². The van der Waals surface area contributed by atoms with Crippen LogP contribution in [0.4, 0.5) is 17.2 Å². The molecular weight excluding hydrogens is 646 g/mol. The predicted octanol–water partition coefficient (Wildman–Crippen LogP) is 3.22. The third-order valence-electron chi connectivity index (χ3n) is 10.1. The highest BCUT2D eigenvalue weighted by molar-refractivity contribution is 6.12. The van der Waals surface area contributed by atoms with Crippen molar-refractivity contribution in [2.45, 2.75) is 45.8 Å². The van der Waals surface area contributed by atoms with Gasteiger partial charge >= 0.3 is 0 Å². The number of benzene rings is 1. The molecule has 0 aliphatic carbocycles. The fourth-order valence-electron chi connectivity index (χ4n) is 7.43. The highest BCUT2D eigenvalue weighted by Gasteiger charge is 2.51. The van der Waals surface area contributed by atoms with Crippen LogP contribution in [-0.2, 0) is 16.6 Å². The van der Waals surface area contributed by atoms with Gasteiger partial charge in [0.1, 0.15) is 17.8 Å².